The molecule has 78 valence electrons. The number of hydrogen-bond donors (Lipinski definition) is 1. The summed E-state index contributed by atoms with van der Waals surface area (Å²) in [5.41, 5.74) is 6.75. The molecule has 0 aromatic carbocycles. The SMILES string of the molecule is Cc1ocnc1CN1CCCC1CN. The summed E-state index contributed by atoms with van der Waals surface area (Å²) in [7, 11) is 0. The molecule has 0 aliphatic carbocycles. The number of aromatic nitrogens is 1. The second-order valence-corrected chi connectivity index (χ2v) is 3.86. The Hall–Kier alpha value is -0.870. The molecule has 1 aliphatic heterocycles. The Morgan fingerprint density at radius 2 is 2.57 bits per heavy atom. The highest BCUT2D eigenvalue weighted by Gasteiger charge is 2.24. The predicted molar refractivity (Wildman–Crippen MR) is 53.7 cm³/mol. The van der Waals surface area contributed by atoms with Crippen molar-refractivity contribution in [2.45, 2.75) is 32.4 Å². The molecule has 14 heavy (non-hydrogen) atoms. The zero-order valence-corrected chi connectivity index (χ0v) is 8.57. The van der Waals surface area contributed by atoms with Crippen LogP contribution in [0, 0.1) is 6.92 Å². The van der Waals surface area contributed by atoms with Gasteiger partial charge in [-0.3, -0.25) is 4.90 Å². The summed E-state index contributed by atoms with van der Waals surface area (Å²) in [5.74, 6) is 0.924. The van der Waals surface area contributed by atoms with Crippen molar-refractivity contribution in [2.75, 3.05) is 13.1 Å². The maximum Gasteiger partial charge on any atom is 0.181 e. The van der Waals surface area contributed by atoms with Crippen LogP contribution in [0.25, 0.3) is 0 Å². The maximum absolute atomic E-state index is 5.71. The van der Waals surface area contributed by atoms with Gasteiger partial charge in [-0.15, -0.1) is 0 Å². The third kappa shape index (κ3) is 1.81. The average molecular weight is 195 g/mol. The first-order valence-corrected chi connectivity index (χ1v) is 5.14. The van der Waals surface area contributed by atoms with Crippen LogP contribution in [0.5, 0.6) is 0 Å². The van der Waals surface area contributed by atoms with Crippen LogP contribution in [-0.4, -0.2) is 29.0 Å². The lowest BCUT2D eigenvalue weighted by Crippen LogP contribution is -2.35. The lowest BCUT2D eigenvalue weighted by molar-refractivity contribution is 0.246. The summed E-state index contributed by atoms with van der Waals surface area (Å²) in [6.07, 6.45) is 3.98. The highest BCUT2D eigenvalue weighted by Crippen LogP contribution is 2.19. The summed E-state index contributed by atoms with van der Waals surface area (Å²) >= 11 is 0. The second-order valence-electron chi connectivity index (χ2n) is 3.86. The molecule has 1 fully saturated rings. The Morgan fingerprint density at radius 1 is 1.71 bits per heavy atom. The van der Waals surface area contributed by atoms with Crippen LogP contribution >= 0.6 is 0 Å². The fourth-order valence-electron chi connectivity index (χ4n) is 2.04. The lowest BCUT2D eigenvalue weighted by atomic mass is 10.2. The van der Waals surface area contributed by atoms with Crippen molar-refractivity contribution in [2.24, 2.45) is 5.73 Å². The summed E-state index contributed by atoms with van der Waals surface area (Å²) in [5, 5.41) is 0. The van der Waals surface area contributed by atoms with Gasteiger partial charge in [0.2, 0.25) is 0 Å². The van der Waals surface area contributed by atoms with Gasteiger partial charge >= 0.3 is 0 Å². The van der Waals surface area contributed by atoms with Gasteiger partial charge in [0, 0.05) is 19.1 Å². The number of nitrogens with zero attached hydrogens (tertiary/aromatic N) is 2. The van der Waals surface area contributed by atoms with Crippen molar-refractivity contribution in [3.05, 3.63) is 17.8 Å². The molecule has 1 atom stereocenters. The van der Waals surface area contributed by atoms with Crippen molar-refractivity contribution in [1.29, 1.82) is 0 Å². The molecule has 1 saturated heterocycles. The van der Waals surface area contributed by atoms with Gasteiger partial charge in [0.25, 0.3) is 0 Å². The maximum atomic E-state index is 5.71. The van der Waals surface area contributed by atoms with Crippen molar-refractivity contribution in [3.8, 4) is 0 Å². The number of hydrogen-bond acceptors (Lipinski definition) is 4. The van der Waals surface area contributed by atoms with E-state index in [0.717, 1.165) is 31.1 Å². The number of oxazole rings is 1. The zero-order valence-electron chi connectivity index (χ0n) is 8.57. The normalized spacial score (nSPS) is 23.1. The summed E-state index contributed by atoms with van der Waals surface area (Å²) < 4.78 is 5.17. The molecule has 0 radical (unpaired) electrons. The number of rotatable bonds is 3. The van der Waals surface area contributed by atoms with E-state index in [9.17, 15) is 0 Å². The van der Waals surface area contributed by atoms with Gasteiger partial charge in [-0.05, 0) is 26.3 Å². The van der Waals surface area contributed by atoms with Gasteiger partial charge in [-0.25, -0.2) is 4.98 Å². The van der Waals surface area contributed by atoms with E-state index in [1.807, 2.05) is 6.92 Å². The quantitative estimate of drug-likeness (QED) is 0.778. The van der Waals surface area contributed by atoms with E-state index in [-0.39, 0.29) is 0 Å². The Balaban J connectivity index is 2.00. The van der Waals surface area contributed by atoms with Crippen LogP contribution in [0.2, 0.25) is 0 Å². The number of likely N-dealkylation sites (tertiary alicyclic amines) is 1. The molecule has 1 aromatic heterocycles. The minimum Gasteiger partial charge on any atom is -0.448 e. The highest BCUT2D eigenvalue weighted by atomic mass is 16.3. The van der Waals surface area contributed by atoms with Gasteiger partial charge < -0.3 is 10.2 Å². The third-order valence-corrected chi connectivity index (χ3v) is 2.97. The van der Waals surface area contributed by atoms with Crippen LogP contribution in [0.4, 0.5) is 0 Å². The van der Waals surface area contributed by atoms with Crippen molar-refractivity contribution in [3.63, 3.8) is 0 Å². The van der Waals surface area contributed by atoms with Crippen LogP contribution in [0.3, 0.4) is 0 Å². The highest BCUT2D eigenvalue weighted by molar-refractivity contribution is 5.05. The first-order chi connectivity index (χ1) is 6.81. The Bertz CT molecular complexity index is 297. The molecule has 2 heterocycles. The van der Waals surface area contributed by atoms with Crippen molar-refractivity contribution < 1.29 is 4.42 Å². The molecule has 2 rings (SSSR count). The molecule has 0 amide bonds. The molecule has 0 saturated carbocycles. The van der Waals surface area contributed by atoms with Crippen molar-refractivity contribution >= 4 is 0 Å². The van der Waals surface area contributed by atoms with Crippen molar-refractivity contribution in [1.82, 2.24) is 9.88 Å². The fraction of sp³-hybridized carbons (Fsp3) is 0.700. The molecule has 4 nitrogen and oxygen atoms in total. The minimum absolute atomic E-state index is 0.533. The van der Waals surface area contributed by atoms with E-state index in [2.05, 4.69) is 9.88 Å². The smallest absolute Gasteiger partial charge is 0.181 e. The van der Waals surface area contributed by atoms with Gasteiger partial charge in [-0.2, -0.15) is 0 Å². The Labute approximate surface area is 84.1 Å². The zero-order chi connectivity index (χ0) is 9.97. The molecular formula is C10H17N3O. The molecule has 1 aliphatic rings. The molecule has 4 heteroatoms. The van der Waals surface area contributed by atoms with Crippen LogP contribution in [0.15, 0.2) is 10.8 Å². The van der Waals surface area contributed by atoms with E-state index >= 15 is 0 Å². The molecule has 0 spiro atoms. The molecule has 2 N–H and O–H groups in total. The first kappa shape index (κ1) is 9.68. The topological polar surface area (TPSA) is 55.3 Å². The Kier molecular flexibility index (Phi) is 2.84. The summed E-state index contributed by atoms with van der Waals surface area (Å²) in [6.45, 7) is 4.71. The van der Waals surface area contributed by atoms with E-state index in [1.165, 1.54) is 19.2 Å². The van der Waals surface area contributed by atoms with Gasteiger partial charge in [-0.1, -0.05) is 0 Å². The van der Waals surface area contributed by atoms with Gasteiger partial charge in [0.1, 0.15) is 5.76 Å². The standard InChI is InChI=1S/C10H17N3O/c1-8-10(12-7-14-8)6-13-4-2-3-9(13)5-11/h7,9H,2-6,11H2,1H3. The summed E-state index contributed by atoms with van der Waals surface area (Å²) in [6, 6.07) is 0.533. The monoisotopic (exact) mass is 195 g/mol. The molecule has 0 bridgehead atoms. The molecule has 1 aromatic rings. The fourth-order valence-corrected chi connectivity index (χ4v) is 2.04. The van der Waals surface area contributed by atoms with Crippen LogP contribution in [-0.2, 0) is 6.54 Å². The largest absolute Gasteiger partial charge is 0.448 e. The van der Waals surface area contributed by atoms with Crippen LogP contribution < -0.4 is 5.73 Å². The van der Waals surface area contributed by atoms with Gasteiger partial charge in [0.15, 0.2) is 6.39 Å². The summed E-state index contributed by atoms with van der Waals surface area (Å²) in [4.78, 5) is 6.59. The average Bonchev–Trinajstić information content (AvgIpc) is 2.77. The molecule has 1 unspecified atom stereocenters. The number of nitrogens with two attached hydrogens (primary N) is 1. The third-order valence-electron chi connectivity index (χ3n) is 2.97. The van der Waals surface area contributed by atoms with Gasteiger partial charge in [0.05, 0.1) is 5.69 Å². The predicted octanol–water partition coefficient (Wildman–Crippen LogP) is 0.906. The van der Waals surface area contributed by atoms with Crippen LogP contribution in [0.1, 0.15) is 24.3 Å². The van der Waals surface area contributed by atoms with E-state index in [4.69, 9.17) is 10.2 Å². The lowest BCUT2D eigenvalue weighted by Gasteiger charge is -2.21. The van der Waals surface area contributed by atoms with E-state index < -0.39 is 0 Å². The minimum atomic E-state index is 0.533. The Morgan fingerprint density at radius 3 is 3.21 bits per heavy atom. The van der Waals surface area contributed by atoms with E-state index in [1.54, 1.807) is 0 Å². The first-order valence-electron chi connectivity index (χ1n) is 5.14. The second kappa shape index (κ2) is 4.11. The number of aryl methyl sites for hydroxylation is 1. The van der Waals surface area contributed by atoms with E-state index in [0.29, 0.717) is 6.04 Å². The molecular weight excluding hydrogens is 178 g/mol.